The van der Waals surface area contributed by atoms with Gasteiger partial charge in [-0.15, -0.1) is 0 Å². The summed E-state index contributed by atoms with van der Waals surface area (Å²) >= 11 is 3.58. The van der Waals surface area contributed by atoms with Crippen molar-refractivity contribution in [1.29, 1.82) is 0 Å². The Morgan fingerprint density at radius 2 is 2.00 bits per heavy atom. The third-order valence-electron chi connectivity index (χ3n) is 3.18. The van der Waals surface area contributed by atoms with Crippen LogP contribution in [0.5, 0.6) is 0 Å². The van der Waals surface area contributed by atoms with Gasteiger partial charge in [0.05, 0.1) is 0 Å². The lowest BCUT2D eigenvalue weighted by molar-refractivity contribution is 0.595. The highest BCUT2D eigenvalue weighted by atomic mass is 79.9. The number of hydrogen-bond donors (Lipinski definition) is 1. The van der Waals surface area contributed by atoms with Gasteiger partial charge in [0.25, 0.3) is 0 Å². The van der Waals surface area contributed by atoms with Crippen molar-refractivity contribution in [2.75, 3.05) is 24.5 Å². The van der Waals surface area contributed by atoms with Crippen LogP contribution in [0.15, 0.2) is 22.7 Å². The number of halogens is 1. The summed E-state index contributed by atoms with van der Waals surface area (Å²) in [6.07, 6.45) is 1.18. The molecule has 102 valence electrons. The van der Waals surface area contributed by atoms with E-state index in [-0.39, 0.29) is 0 Å². The Bertz CT molecular complexity index is 366. The molecule has 0 radical (unpaired) electrons. The van der Waals surface area contributed by atoms with E-state index >= 15 is 0 Å². The Morgan fingerprint density at radius 3 is 2.56 bits per heavy atom. The highest BCUT2D eigenvalue weighted by Gasteiger charge is 2.14. The van der Waals surface area contributed by atoms with Crippen molar-refractivity contribution in [3.8, 4) is 0 Å². The maximum Gasteiger partial charge on any atom is 0.0415 e. The van der Waals surface area contributed by atoms with Crippen LogP contribution in [0.1, 0.15) is 45.7 Å². The monoisotopic (exact) mass is 312 g/mol. The number of nitrogens with one attached hydrogen (secondary N) is 1. The van der Waals surface area contributed by atoms with Crippen LogP contribution < -0.4 is 10.2 Å². The smallest absolute Gasteiger partial charge is 0.0415 e. The number of nitrogens with zero attached hydrogens (tertiary/aromatic N) is 1. The molecule has 1 aromatic carbocycles. The standard InChI is InChI=1S/C15H25BrN2/c1-5-10-18(7-3)15-9-8-13(16)11-14(15)12(4)17-6-2/h8-9,11-12,17H,5-7,10H2,1-4H3. The van der Waals surface area contributed by atoms with Crippen LogP contribution in [0.4, 0.5) is 5.69 Å². The number of anilines is 1. The van der Waals surface area contributed by atoms with Gasteiger partial charge in [0.2, 0.25) is 0 Å². The van der Waals surface area contributed by atoms with Crippen LogP contribution in [0.2, 0.25) is 0 Å². The van der Waals surface area contributed by atoms with Crippen LogP contribution in [0, 0.1) is 0 Å². The quantitative estimate of drug-likeness (QED) is 0.805. The molecule has 0 aliphatic carbocycles. The first-order chi connectivity index (χ1) is 8.63. The first-order valence-electron chi connectivity index (χ1n) is 6.91. The van der Waals surface area contributed by atoms with Gasteiger partial charge in [-0.05, 0) is 50.6 Å². The van der Waals surface area contributed by atoms with Gasteiger partial charge in [-0.25, -0.2) is 0 Å². The fourth-order valence-electron chi connectivity index (χ4n) is 2.30. The normalized spacial score (nSPS) is 12.5. The zero-order valence-corrected chi connectivity index (χ0v) is 13.5. The van der Waals surface area contributed by atoms with Gasteiger partial charge in [-0.1, -0.05) is 29.8 Å². The van der Waals surface area contributed by atoms with Crippen LogP contribution in [-0.4, -0.2) is 19.6 Å². The molecular weight excluding hydrogens is 288 g/mol. The summed E-state index contributed by atoms with van der Waals surface area (Å²) in [4.78, 5) is 2.45. The molecule has 0 saturated heterocycles. The van der Waals surface area contributed by atoms with Crippen LogP contribution in [0.3, 0.4) is 0 Å². The average Bonchev–Trinajstić information content (AvgIpc) is 2.36. The molecular formula is C15H25BrN2. The lowest BCUT2D eigenvalue weighted by Crippen LogP contribution is -2.27. The van der Waals surface area contributed by atoms with Crippen molar-refractivity contribution in [2.24, 2.45) is 0 Å². The Hall–Kier alpha value is -0.540. The van der Waals surface area contributed by atoms with Gasteiger partial charge < -0.3 is 10.2 Å². The van der Waals surface area contributed by atoms with Crippen molar-refractivity contribution in [1.82, 2.24) is 5.32 Å². The van der Waals surface area contributed by atoms with E-state index in [0.717, 1.165) is 24.1 Å². The lowest BCUT2D eigenvalue weighted by Gasteiger charge is -2.28. The second-order valence-electron chi connectivity index (χ2n) is 4.56. The maximum atomic E-state index is 3.58. The number of rotatable bonds is 7. The Morgan fingerprint density at radius 1 is 1.28 bits per heavy atom. The Kier molecular flexibility index (Phi) is 6.72. The van der Waals surface area contributed by atoms with Gasteiger partial charge in [0, 0.05) is 29.3 Å². The Labute approximate surface area is 120 Å². The lowest BCUT2D eigenvalue weighted by atomic mass is 10.0. The number of benzene rings is 1. The molecule has 0 aliphatic heterocycles. The summed E-state index contributed by atoms with van der Waals surface area (Å²) in [6.45, 7) is 12.0. The predicted octanol–water partition coefficient (Wildman–Crippen LogP) is 4.36. The maximum absolute atomic E-state index is 3.58. The SMILES string of the molecule is CCCN(CC)c1ccc(Br)cc1C(C)NCC. The van der Waals surface area contributed by atoms with E-state index in [1.54, 1.807) is 0 Å². The first-order valence-corrected chi connectivity index (χ1v) is 7.71. The van der Waals surface area contributed by atoms with Crippen LogP contribution in [0.25, 0.3) is 0 Å². The minimum Gasteiger partial charge on any atom is -0.372 e. The molecule has 1 unspecified atom stereocenters. The molecule has 0 saturated carbocycles. The largest absolute Gasteiger partial charge is 0.372 e. The minimum atomic E-state index is 0.383. The third kappa shape index (κ3) is 3.99. The number of hydrogen-bond acceptors (Lipinski definition) is 2. The van der Waals surface area contributed by atoms with Gasteiger partial charge in [-0.3, -0.25) is 0 Å². The molecule has 0 spiro atoms. The molecule has 0 aromatic heterocycles. The summed E-state index contributed by atoms with van der Waals surface area (Å²) < 4.78 is 1.15. The summed E-state index contributed by atoms with van der Waals surface area (Å²) in [6, 6.07) is 6.98. The van der Waals surface area contributed by atoms with Crippen molar-refractivity contribution in [3.05, 3.63) is 28.2 Å². The molecule has 0 bridgehead atoms. The molecule has 1 N–H and O–H groups in total. The summed E-state index contributed by atoms with van der Waals surface area (Å²) in [5.74, 6) is 0. The molecule has 18 heavy (non-hydrogen) atoms. The Balaban J connectivity index is 3.08. The summed E-state index contributed by atoms with van der Waals surface area (Å²) in [5.41, 5.74) is 2.73. The third-order valence-corrected chi connectivity index (χ3v) is 3.68. The molecule has 0 heterocycles. The molecule has 2 nitrogen and oxygen atoms in total. The fourth-order valence-corrected chi connectivity index (χ4v) is 2.67. The van der Waals surface area contributed by atoms with E-state index in [2.05, 4.69) is 72.0 Å². The van der Waals surface area contributed by atoms with Crippen molar-refractivity contribution < 1.29 is 0 Å². The fraction of sp³-hybridized carbons (Fsp3) is 0.600. The van der Waals surface area contributed by atoms with E-state index in [1.807, 2.05) is 0 Å². The minimum absolute atomic E-state index is 0.383. The van der Waals surface area contributed by atoms with E-state index in [0.29, 0.717) is 6.04 Å². The highest BCUT2D eigenvalue weighted by Crippen LogP contribution is 2.29. The zero-order chi connectivity index (χ0) is 13.5. The van der Waals surface area contributed by atoms with Gasteiger partial charge in [-0.2, -0.15) is 0 Å². The van der Waals surface area contributed by atoms with E-state index in [9.17, 15) is 0 Å². The predicted molar refractivity (Wildman–Crippen MR) is 84.4 cm³/mol. The molecule has 0 amide bonds. The van der Waals surface area contributed by atoms with Crippen molar-refractivity contribution >= 4 is 21.6 Å². The van der Waals surface area contributed by atoms with Crippen LogP contribution in [-0.2, 0) is 0 Å². The molecule has 0 aliphatic rings. The second kappa shape index (κ2) is 7.80. The average molecular weight is 313 g/mol. The van der Waals surface area contributed by atoms with Gasteiger partial charge >= 0.3 is 0 Å². The van der Waals surface area contributed by atoms with Gasteiger partial charge in [0.15, 0.2) is 0 Å². The topological polar surface area (TPSA) is 15.3 Å². The zero-order valence-electron chi connectivity index (χ0n) is 12.0. The van der Waals surface area contributed by atoms with E-state index < -0.39 is 0 Å². The van der Waals surface area contributed by atoms with E-state index in [1.165, 1.54) is 17.7 Å². The first kappa shape index (κ1) is 15.5. The summed E-state index contributed by atoms with van der Waals surface area (Å²) in [7, 11) is 0. The summed E-state index contributed by atoms with van der Waals surface area (Å²) in [5, 5.41) is 3.50. The van der Waals surface area contributed by atoms with Crippen molar-refractivity contribution in [2.45, 2.75) is 40.2 Å². The van der Waals surface area contributed by atoms with Crippen molar-refractivity contribution in [3.63, 3.8) is 0 Å². The molecule has 3 heteroatoms. The molecule has 1 atom stereocenters. The van der Waals surface area contributed by atoms with Gasteiger partial charge in [0.1, 0.15) is 0 Å². The highest BCUT2D eigenvalue weighted by molar-refractivity contribution is 9.10. The second-order valence-corrected chi connectivity index (χ2v) is 5.48. The molecule has 1 rings (SSSR count). The van der Waals surface area contributed by atoms with E-state index in [4.69, 9.17) is 0 Å². The molecule has 0 fully saturated rings. The molecule has 1 aromatic rings. The van der Waals surface area contributed by atoms with Crippen LogP contribution >= 0.6 is 15.9 Å².